The van der Waals surface area contributed by atoms with Crippen LogP contribution >= 0.6 is 11.3 Å². The molecule has 2 N–H and O–H groups in total. The quantitative estimate of drug-likeness (QED) is 0.288. The highest BCUT2D eigenvalue weighted by Gasteiger charge is 2.19. The van der Waals surface area contributed by atoms with Gasteiger partial charge in [0.1, 0.15) is 4.88 Å². The minimum Gasteiger partial charge on any atom is -0.347 e. The van der Waals surface area contributed by atoms with Gasteiger partial charge in [-0.2, -0.15) is 0 Å². The van der Waals surface area contributed by atoms with E-state index in [9.17, 15) is 9.59 Å². The second kappa shape index (κ2) is 14.4. The number of hydrogen-bond acceptors (Lipinski definition) is 4. The fourth-order valence-corrected chi connectivity index (χ4v) is 3.72. The van der Waals surface area contributed by atoms with Crippen molar-refractivity contribution in [1.82, 2.24) is 10.3 Å². The smallest absolute Gasteiger partial charge is 0.263 e. The number of nitrogens with one attached hydrogen (secondary N) is 2. The van der Waals surface area contributed by atoms with Crippen molar-refractivity contribution in [2.45, 2.75) is 41.2 Å². The van der Waals surface area contributed by atoms with Crippen LogP contribution in [0.5, 0.6) is 0 Å². The Hall–Kier alpha value is -3.69. The summed E-state index contributed by atoms with van der Waals surface area (Å²) >= 11 is 1.12. The largest absolute Gasteiger partial charge is 0.347 e. The maximum Gasteiger partial charge on any atom is 0.263 e. The minimum absolute atomic E-state index is 0.236. The maximum absolute atomic E-state index is 12.9. The highest BCUT2D eigenvalue weighted by Crippen LogP contribution is 2.25. The topological polar surface area (TPSA) is 71.1 Å². The van der Waals surface area contributed by atoms with Gasteiger partial charge in [0.2, 0.25) is 0 Å². The van der Waals surface area contributed by atoms with Gasteiger partial charge in [-0.1, -0.05) is 92.3 Å². The number of aryl methyl sites for hydroxylation is 1. The molecule has 6 heteroatoms. The van der Waals surface area contributed by atoms with Crippen molar-refractivity contribution < 1.29 is 9.59 Å². The van der Waals surface area contributed by atoms with Crippen LogP contribution < -0.4 is 10.6 Å². The zero-order chi connectivity index (χ0) is 24.8. The van der Waals surface area contributed by atoms with Crippen LogP contribution in [-0.2, 0) is 11.3 Å². The third-order valence-corrected chi connectivity index (χ3v) is 5.40. The summed E-state index contributed by atoms with van der Waals surface area (Å²) in [5.74, 6) is 1.97. The first-order valence-electron chi connectivity index (χ1n) is 10.7. The molecule has 0 fully saturated rings. The summed E-state index contributed by atoms with van der Waals surface area (Å²) in [6, 6.07) is 9.63. The van der Waals surface area contributed by atoms with Gasteiger partial charge in [-0.25, -0.2) is 4.98 Å². The van der Waals surface area contributed by atoms with Crippen molar-refractivity contribution in [3.63, 3.8) is 0 Å². The van der Waals surface area contributed by atoms with E-state index in [4.69, 9.17) is 6.42 Å². The number of thiazole rings is 1. The summed E-state index contributed by atoms with van der Waals surface area (Å²) in [4.78, 5) is 30.2. The van der Waals surface area contributed by atoms with Gasteiger partial charge < -0.3 is 5.32 Å². The second-order valence-electron chi connectivity index (χ2n) is 6.43. The number of allylic oxidation sites excluding steroid dienone is 5. The number of nitrogens with zero attached hydrogens (tertiary/aromatic N) is 1. The lowest BCUT2D eigenvalue weighted by Crippen LogP contribution is -2.22. The number of hydrogen-bond donors (Lipinski definition) is 2. The normalized spacial score (nSPS) is 11.6. The molecule has 2 aromatic rings. The predicted molar refractivity (Wildman–Crippen MR) is 139 cm³/mol. The van der Waals surface area contributed by atoms with Crippen LogP contribution in [0.1, 0.15) is 48.6 Å². The van der Waals surface area contributed by atoms with E-state index in [2.05, 4.69) is 28.1 Å². The molecule has 2 amide bonds. The summed E-state index contributed by atoms with van der Waals surface area (Å²) in [6.07, 6.45) is 12.4. The van der Waals surface area contributed by atoms with Gasteiger partial charge in [-0.3, -0.25) is 14.9 Å². The van der Waals surface area contributed by atoms with Crippen LogP contribution in [0, 0.1) is 19.3 Å². The molecule has 33 heavy (non-hydrogen) atoms. The molecular formula is C27H31N3O2S. The summed E-state index contributed by atoms with van der Waals surface area (Å²) < 4.78 is 0. The van der Waals surface area contributed by atoms with Crippen LogP contribution in [0.3, 0.4) is 0 Å². The van der Waals surface area contributed by atoms with E-state index in [0.717, 1.165) is 16.9 Å². The molecule has 172 valence electrons. The third kappa shape index (κ3) is 7.74. The lowest BCUT2D eigenvalue weighted by molar-refractivity contribution is -0.112. The maximum atomic E-state index is 12.9. The Kier molecular flexibility index (Phi) is 11.9. The molecule has 0 spiro atoms. The number of rotatable bonds is 8. The number of carbonyl (C=O) groups is 2. The molecule has 0 bridgehead atoms. The van der Waals surface area contributed by atoms with E-state index in [0.29, 0.717) is 39.0 Å². The fraction of sp³-hybridized carbons (Fsp3) is 0.222. The Morgan fingerprint density at radius 3 is 2.42 bits per heavy atom. The van der Waals surface area contributed by atoms with E-state index in [1.54, 1.807) is 38.2 Å². The van der Waals surface area contributed by atoms with E-state index in [-0.39, 0.29) is 11.8 Å². The first-order chi connectivity index (χ1) is 15.9. The summed E-state index contributed by atoms with van der Waals surface area (Å²) in [6.45, 7) is 13.5. The van der Waals surface area contributed by atoms with Crippen LogP contribution in [0.4, 0.5) is 5.13 Å². The van der Waals surface area contributed by atoms with Crippen LogP contribution in [-0.4, -0.2) is 16.8 Å². The Morgan fingerprint density at radius 1 is 1.21 bits per heavy atom. The zero-order valence-electron chi connectivity index (χ0n) is 19.9. The van der Waals surface area contributed by atoms with Gasteiger partial charge in [0.25, 0.3) is 11.8 Å². The fourth-order valence-electron chi connectivity index (χ4n) is 2.84. The molecular weight excluding hydrogens is 430 g/mol. The lowest BCUT2D eigenvalue weighted by Gasteiger charge is -2.09. The number of benzene rings is 1. The molecule has 0 aliphatic heterocycles. The van der Waals surface area contributed by atoms with E-state index in [1.807, 2.05) is 51.1 Å². The van der Waals surface area contributed by atoms with Crippen LogP contribution in [0.15, 0.2) is 77.9 Å². The summed E-state index contributed by atoms with van der Waals surface area (Å²) in [5.41, 5.74) is 3.03. The molecule has 0 atom stereocenters. The number of terminal acetylenes is 1. The molecule has 0 radical (unpaired) electrons. The molecule has 2 rings (SSSR count). The molecule has 0 saturated heterocycles. The van der Waals surface area contributed by atoms with Crippen LogP contribution in [0.2, 0.25) is 0 Å². The van der Waals surface area contributed by atoms with Crippen molar-refractivity contribution >= 4 is 28.3 Å². The molecule has 0 aliphatic carbocycles. The molecule has 1 aromatic heterocycles. The summed E-state index contributed by atoms with van der Waals surface area (Å²) in [5, 5.41) is 5.98. The average Bonchev–Trinajstić information content (AvgIpc) is 3.21. The number of aromatic nitrogens is 1. The predicted octanol–water partition coefficient (Wildman–Crippen LogP) is 5.98. The highest BCUT2D eigenvalue weighted by molar-refractivity contribution is 7.17. The van der Waals surface area contributed by atoms with Gasteiger partial charge >= 0.3 is 0 Å². The Labute approximate surface area is 201 Å². The third-order valence-electron chi connectivity index (χ3n) is 4.33. The molecule has 1 heterocycles. The van der Waals surface area contributed by atoms with Gasteiger partial charge in [0, 0.05) is 23.3 Å². The number of anilines is 1. The van der Waals surface area contributed by atoms with Gasteiger partial charge in [-0.15, -0.1) is 6.42 Å². The lowest BCUT2D eigenvalue weighted by atomic mass is 9.99. The molecule has 0 unspecified atom stereocenters. The van der Waals surface area contributed by atoms with Gasteiger partial charge in [0.05, 0.1) is 5.69 Å². The van der Waals surface area contributed by atoms with E-state index in [1.165, 1.54) is 0 Å². The Morgan fingerprint density at radius 2 is 1.88 bits per heavy atom. The molecule has 5 nitrogen and oxygen atoms in total. The van der Waals surface area contributed by atoms with Crippen molar-refractivity contribution in [3.05, 3.63) is 94.1 Å². The highest BCUT2D eigenvalue weighted by atomic mass is 32.1. The van der Waals surface area contributed by atoms with E-state index >= 15 is 0 Å². The Balaban J connectivity index is 0.00000265. The first kappa shape index (κ1) is 27.3. The average molecular weight is 462 g/mol. The summed E-state index contributed by atoms with van der Waals surface area (Å²) in [7, 11) is 0. The molecule has 0 saturated carbocycles. The van der Waals surface area contributed by atoms with Gasteiger partial charge in [-0.05, 0) is 26.3 Å². The number of carbonyl (C=O) groups excluding carboxylic acids is 2. The number of amides is 2. The molecule has 0 aliphatic rings. The molecule has 1 aromatic carbocycles. The minimum atomic E-state index is -0.375. The van der Waals surface area contributed by atoms with Crippen LogP contribution in [0.25, 0.3) is 0 Å². The Bertz CT molecular complexity index is 1100. The second-order valence-corrected chi connectivity index (χ2v) is 7.43. The monoisotopic (exact) mass is 461 g/mol. The standard InChI is InChI=1S/C25H25N3O2S.C2H6/c1-6-13-19(7-2)20(8-3)21(9-4)23(29)28-25-27-17(5)22(31-25)24(30)26-16-18-14-11-10-12-15-18;1-2/h2,6,8-15H,3,16H2,1,4-5H3,(H,26,30)(H,27,28,29);1-2H3/b13-6-,20-19+,21-9+;. The van der Waals surface area contributed by atoms with Crippen molar-refractivity contribution in [2.75, 3.05) is 5.32 Å². The first-order valence-corrected chi connectivity index (χ1v) is 11.5. The SMILES string of the molecule is C#CC(/C=C\C)=C(C=C)\C(=C/C)C(=O)Nc1nc(C)c(C(=O)NCc2ccccc2)s1.CC. The van der Waals surface area contributed by atoms with E-state index < -0.39 is 0 Å². The van der Waals surface area contributed by atoms with Crippen molar-refractivity contribution in [3.8, 4) is 12.3 Å². The van der Waals surface area contributed by atoms with Crippen molar-refractivity contribution in [1.29, 1.82) is 0 Å². The van der Waals surface area contributed by atoms with Gasteiger partial charge in [0.15, 0.2) is 5.13 Å². The zero-order valence-corrected chi connectivity index (χ0v) is 20.7. The van der Waals surface area contributed by atoms with Crippen molar-refractivity contribution in [2.24, 2.45) is 0 Å².